The minimum absolute atomic E-state index is 0. The van der Waals surface area contributed by atoms with Gasteiger partial charge in [0.1, 0.15) is 11.6 Å². The molecule has 33 heavy (non-hydrogen) atoms. The quantitative estimate of drug-likeness (QED) is 0.338. The highest BCUT2D eigenvalue weighted by Crippen LogP contribution is 2.21. The summed E-state index contributed by atoms with van der Waals surface area (Å²) >= 11 is 5.81. The van der Waals surface area contributed by atoms with E-state index in [1.54, 1.807) is 49.3 Å². The van der Waals surface area contributed by atoms with Gasteiger partial charge in [-0.25, -0.2) is 18.7 Å². The molecule has 0 aliphatic carbocycles. The van der Waals surface area contributed by atoms with Gasteiger partial charge in [-0.1, -0.05) is 24.3 Å². The van der Waals surface area contributed by atoms with Gasteiger partial charge < -0.3 is 14.2 Å². The second-order valence-electron chi connectivity index (χ2n) is 7.33. The number of imidazole rings is 2. The summed E-state index contributed by atoms with van der Waals surface area (Å²) < 4.78 is 29.4. The zero-order valence-corrected chi connectivity index (χ0v) is 19.8. The minimum atomic E-state index is -0.246. The maximum atomic E-state index is 12.8. The number of hydrogen-bond acceptors (Lipinski definition) is 3. The van der Waals surface area contributed by atoms with Crippen LogP contribution in [0.1, 0.15) is 48.4 Å². The Labute approximate surface area is 203 Å². The van der Waals surface area contributed by atoms with Crippen molar-refractivity contribution < 1.29 is 13.9 Å². The molecular weight excluding hydrogens is 469 g/mol. The Hall–Kier alpha value is -2.74. The molecule has 9 heteroatoms. The SMILES string of the molecule is C[C@H](c1ccc(F)cc1)n1cncc1CCl.C[C@H](c1ccc(F)cc1)n1cncc1CO.Cl. The van der Waals surface area contributed by atoms with Gasteiger partial charge in [0.25, 0.3) is 0 Å². The van der Waals surface area contributed by atoms with Crippen LogP contribution in [-0.2, 0) is 12.5 Å². The van der Waals surface area contributed by atoms with E-state index in [1.807, 2.05) is 23.0 Å². The number of benzene rings is 2. The number of rotatable bonds is 6. The summed E-state index contributed by atoms with van der Waals surface area (Å²) in [5.74, 6) is -0.0472. The molecule has 5 nitrogen and oxygen atoms in total. The van der Waals surface area contributed by atoms with Crippen LogP contribution >= 0.6 is 24.0 Å². The van der Waals surface area contributed by atoms with Crippen LogP contribution in [0.4, 0.5) is 8.78 Å². The van der Waals surface area contributed by atoms with Crippen LogP contribution in [0.3, 0.4) is 0 Å². The summed E-state index contributed by atoms with van der Waals surface area (Å²) in [4.78, 5) is 8.05. The lowest BCUT2D eigenvalue weighted by Crippen LogP contribution is -2.09. The Morgan fingerprint density at radius 3 is 1.58 bits per heavy atom. The lowest BCUT2D eigenvalue weighted by atomic mass is 10.1. The molecule has 0 aliphatic rings. The highest BCUT2D eigenvalue weighted by atomic mass is 35.5. The van der Waals surface area contributed by atoms with Gasteiger partial charge in [-0.05, 0) is 49.2 Å². The molecule has 2 aromatic carbocycles. The maximum Gasteiger partial charge on any atom is 0.123 e. The molecule has 0 bridgehead atoms. The molecule has 1 N–H and O–H groups in total. The van der Waals surface area contributed by atoms with Crippen molar-refractivity contribution in [2.75, 3.05) is 0 Å². The Balaban J connectivity index is 0.000000227. The fourth-order valence-corrected chi connectivity index (χ4v) is 3.60. The summed E-state index contributed by atoms with van der Waals surface area (Å²) in [6.07, 6.45) is 6.78. The van der Waals surface area contributed by atoms with Gasteiger partial charge in [-0.15, -0.1) is 24.0 Å². The molecule has 0 radical (unpaired) electrons. The summed E-state index contributed by atoms with van der Waals surface area (Å²) in [5, 5.41) is 9.13. The Bertz CT molecular complexity index is 1020. The monoisotopic (exact) mass is 494 g/mol. The van der Waals surface area contributed by atoms with Gasteiger partial charge in [-0.3, -0.25) is 0 Å². The third kappa shape index (κ3) is 6.63. The number of aliphatic hydroxyl groups is 1. The van der Waals surface area contributed by atoms with Crippen LogP contribution in [0.2, 0.25) is 0 Å². The molecule has 2 atom stereocenters. The molecule has 2 heterocycles. The molecule has 0 amide bonds. The number of alkyl halides is 1. The van der Waals surface area contributed by atoms with Crippen molar-refractivity contribution >= 4 is 24.0 Å². The summed E-state index contributed by atoms with van der Waals surface area (Å²) in [7, 11) is 0. The number of aliphatic hydroxyl groups excluding tert-OH is 1. The maximum absolute atomic E-state index is 12.8. The predicted octanol–water partition coefficient (Wildman–Crippen LogP) is 5.92. The molecule has 176 valence electrons. The first kappa shape index (κ1) is 26.5. The van der Waals surface area contributed by atoms with E-state index in [4.69, 9.17) is 16.7 Å². The normalized spacial score (nSPS) is 12.3. The van der Waals surface area contributed by atoms with Gasteiger partial charge >= 0.3 is 0 Å². The second kappa shape index (κ2) is 12.5. The second-order valence-corrected chi connectivity index (χ2v) is 7.60. The number of aromatic nitrogens is 4. The van der Waals surface area contributed by atoms with E-state index in [0.29, 0.717) is 5.88 Å². The van der Waals surface area contributed by atoms with Gasteiger partial charge in [0.2, 0.25) is 0 Å². The van der Waals surface area contributed by atoms with Gasteiger partial charge in [0.05, 0.1) is 54.8 Å². The first-order valence-electron chi connectivity index (χ1n) is 10.1. The van der Waals surface area contributed by atoms with Gasteiger partial charge in [0, 0.05) is 6.20 Å². The average molecular weight is 495 g/mol. The lowest BCUT2D eigenvalue weighted by Gasteiger charge is -2.16. The molecule has 0 saturated carbocycles. The molecule has 2 aromatic heterocycles. The highest BCUT2D eigenvalue weighted by Gasteiger charge is 2.12. The molecular formula is C24H26Cl2F2N4O. The number of halogens is 4. The van der Waals surface area contributed by atoms with Crippen molar-refractivity contribution in [1.82, 2.24) is 19.1 Å². The van der Waals surface area contributed by atoms with E-state index in [0.717, 1.165) is 22.5 Å². The largest absolute Gasteiger partial charge is 0.390 e. The summed E-state index contributed by atoms with van der Waals surface area (Å²) in [6, 6.07) is 13.0. The topological polar surface area (TPSA) is 55.9 Å². The molecule has 0 aliphatic heterocycles. The lowest BCUT2D eigenvalue weighted by molar-refractivity contribution is 0.269. The van der Waals surface area contributed by atoms with Crippen molar-refractivity contribution in [3.8, 4) is 0 Å². The number of nitrogens with zero attached hydrogens (tertiary/aromatic N) is 4. The van der Waals surface area contributed by atoms with Crippen LogP contribution < -0.4 is 0 Å². The van der Waals surface area contributed by atoms with Gasteiger partial charge in [-0.2, -0.15) is 0 Å². The molecule has 0 unspecified atom stereocenters. The van der Waals surface area contributed by atoms with Gasteiger partial charge in [0.15, 0.2) is 0 Å². The highest BCUT2D eigenvalue weighted by molar-refractivity contribution is 6.16. The fourth-order valence-electron chi connectivity index (χ4n) is 3.39. The van der Waals surface area contributed by atoms with Crippen LogP contribution in [0, 0.1) is 11.6 Å². The van der Waals surface area contributed by atoms with Crippen molar-refractivity contribution in [2.45, 2.75) is 38.4 Å². The smallest absolute Gasteiger partial charge is 0.123 e. The molecule has 0 spiro atoms. The van der Waals surface area contributed by atoms with E-state index in [1.165, 1.54) is 24.3 Å². The molecule has 4 aromatic rings. The summed E-state index contributed by atoms with van der Waals surface area (Å²) in [5.41, 5.74) is 3.72. The van der Waals surface area contributed by atoms with Crippen LogP contribution in [-0.4, -0.2) is 24.2 Å². The van der Waals surface area contributed by atoms with Crippen molar-refractivity contribution in [3.05, 3.63) is 108 Å². The number of hydrogen-bond donors (Lipinski definition) is 1. The third-order valence-electron chi connectivity index (χ3n) is 5.33. The molecule has 4 rings (SSSR count). The third-order valence-corrected chi connectivity index (χ3v) is 5.60. The van der Waals surface area contributed by atoms with Crippen LogP contribution in [0.15, 0.2) is 73.6 Å². The minimum Gasteiger partial charge on any atom is -0.390 e. The molecule has 0 fully saturated rings. The predicted molar refractivity (Wildman–Crippen MR) is 128 cm³/mol. The van der Waals surface area contributed by atoms with Crippen LogP contribution in [0.25, 0.3) is 0 Å². The van der Waals surface area contributed by atoms with E-state index < -0.39 is 0 Å². The van der Waals surface area contributed by atoms with Crippen LogP contribution in [0.5, 0.6) is 0 Å². The molecule has 0 saturated heterocycles. The van der Waals surface area contributed by atoms with E-state index in [2.05, 4.69) is 9.97 Å². The Morgan fingerprint density at radius 2 is 1.18 bits per heavy atom. The van der Waals surface area contributed by atoms with Crippen molar-refractivity contribution in [2.24, 2.45) is 0 Å². The zero-order chi connectivity index (χ0) is 23.1. The standard InChI is InChI=1S/C12H12ClFN2.C12H13FN2O.ClH/c1-9(10-2-4-11(14)5-3-10)16-8-15-7-12(16)6-13;1-9(10-2-4-11(13)5-3-10)15-8-14-6-12(15)7-16;/h2-5,7-9H,6H2,1H3;2-6,8-9,16H,7H2,1H3;1H/t2*9-;/m11./s1. The first-order chi connectivity index (χ1) is 15.4. The Morgan fingerprint density at radius 1 is 0.788 bits per heavy atom. The first-order valence-corrected chi connectivity index (χ1v) is 10.7. The zero-order valence-electron chi connectivity index (χ0n) is 18.3. The van der Waals surface area contributed by atoms with E-state index in [9.17, 15) is 8.78 Å². The van der Waals surface area contributed by atoms with Crippen molar-refractivity contribution in [3.63, 3.8) is 0 Å². The van der Waals surface area contributed by atoms with E-state index >= 15 is 0 Å². The van der Waals surface area contributed by atoms with E-state index in [-0.39, 0.29) is 42.7 Å². The summed E-state index contributed by atoms with van der Waals surface area (Å²) in [6.45, 7) is 3.96. The fraction of sp³-hybridized carbons (Fsp3) is 0.250. The average Bonchev–Trinajstić information content (AvgIpc) is 3.49. The Kier molecular flexibility index (Phi) is 10.0. The van der Waals surface area contributed by atoms with Crippen molar-refractivity contribution in [1.29, 1.82) is 0 Å².